The highest BCUT2D eigenvalue weighted by molar-refractivity contribution is 7.93. The van der Waals surface area contributed by atoms with Crippen LogP contribution in [0.2, 0.25) is 0 Å². The number of benzene rings is 1. The van der Waals surface area contributed by atoms with Gasteiger partial charge in [0.05, 0.1) is 4.90 Å². The molecule has 1 heterocycles. The fourth-order valence-electron chi connectivity index (χ4n) is 1.35. The van der Waals surface area contributed by atoms with Gasteiger partial charge < -0.3 is 5.73 Å². The first kappa shape index (κ1) is 11.9. The predicted molar refractivity (Wildman–Crippen MR) is 68.5 cm³/mol. The van der Waals surface area contributed by atoms with Crippen LogP contribution in [0.25, 0.3) is 0 Å². The second-order valence-electron chi connectivity index (χ2n) is 3.47. The van der Waals surface area contributed by atoms with E-state index in [1.807, 2.05) is 0 Å². The van der Waals surface area contributed by atoms with Crippen molar-refractivity contribution in [2.75, 3.05) is 10.5 Å². The number of nitrogen functional groups attached to an aromatic ring is 1. The number of nitrogens with one attached hydrogen (secondary N) is 1. The van der Waals surface area contributed by atoms with E-state index in [0.29, 0.717) is 16.4 Å². The quantitative estimate of drug-likeness (QED) is 0.832. The topological polar surface area (TPSA) is 85.1 Å². The highest BCUT2D eigenvalue weighted by atomic mass is 32.2. The van der Waals surface area contributed by atoms with Crippen LogP contribution in [0.4, 0.5) is 10.8 Å². The van der Waals surface area contributed by atoms with E-state index in [2.05, 4.69) is 9.71 Å². The van der Waals surface area contributed by atoms with Gasteiger partial charge in [-0.3, -0.25) is 4.72 Å². The van der Waals surface area contributed by atoms with Gasteiger partial charge in [-0.05, 0) is 24.6 Å². The third-order valence-corrected chi connectivity index (χ3v) is 4.45. The van der Waals surface area contributed by atoms with Crippen molar-refractivity contribution in [1.29, 1.82) is 0 Å². The number of hydrogen-bond acceptors (Lipinski definition) is 5. The largest absolute Gasteiger partial charge is 0.399 e. The number of sulfonamides is 1. The molecule has 0 radical (unpaired) electrons. The highest BCUT2D eigenvalue weighted by Gasteiger charge is 2.18. The van der Waals surface area contributed by atoms with Gasteiger partial charge in [-0.1, -0.05) is 6.07 Å². The molecule has 1 aromatic carbocycles. The molecule has 7 heteroatoms. The standard InChI is InChI=1S/C10H11N3O2S2/c1-7-2-3-8(11)6-9(7)17(14,15)13-10-12-4-5-16-10/h2-6H,11H2,1H3,(H,12,13). The second kappa shape index (κ2) is 4.34. The minimum absolute atomic E-state index is 0.174. The Kier molecular flexibility index (Phi) is 3.03. The summed E-state index contributed by atoms with van der Waals surface area (Å²) in [7, 11) is -3.62. The van der Waals surface area contributed by atoms with Gasteiger partial charge >= 0.3 is 0 Å². The smallest absolute Gasteiger partial charge is 0.264 e. The number of rotatable bonds is 3. The van der Waals surface area contributed by atoms with Gasteiger partial charge in [0.1, 0.15) is 0 Å². The Morgan fingerprint density at radius 1 is 1.41 bits per heavy atom. The minimum atomic E-state index is -3.62. The van der Waals surface area contributed by atoms with E-state index in [1.54, 1.807) is 24.4 Å². The molecule has 0 fully saturated rings. The zero-order valence-corrected chi connectivity index (χ0v) is 10.7. The van der Waals surface area contributed by atoms with Crippen LogP contribution in [-0.2, 0) is 10.0 Å². The van der Waals surface area contributed by atoms with Crippen molar-refractivity contribution >= 4 is 32.2 Å². The zero-order valence-electron chi connectivity index (χ0n) is 9.04. The molecule has 0 unspecified atom stereocenters. The summed E-state index contributed by atoms with van der Waals surface area (Å²) >= 11 is 1.22. The lowest BCUT2D eigenvalue weighted by atomic mass is 10.2. The summed E-state index contributed by atoms with van der Waals surface area (Å²) in [5, 5.41) is 2.04. The predicted octanol–water partition coefficient (Wildman–Crippen LogP) is 1.83. The summed E-state index contributed by atoms with van der Waals surface area (Å²) in [6, 6.07) is 4.77. The molecule has 90 valence electrons. The average Bonchev–Trinajstić information content (AvgIpc) is 2.73. The van der Waals surface area contributed by atoms with Crippen LogP contribution in [-0.4, -0.2) is 13.4 Å². The molecule has 0 amide bonds. The number of aryl methyl sites for hydroxylation is 1. The molecule has 0 aliphatic carbocycles. The molecule has 2 rings (SSSR count). The summed E-state index contributed by atoms with van der Waals surface area (Å²) < 4.78 is 26.6. The van der Waals surface area contributed by atoms with Gasteiger partial charge in [-0.15, -0.1) is 11.3 Å². The fourth-order valence-corrected chi connectivity index (χ4v) is 3.42. The van der Waals surface area contributed by atoms with Crippen molar-refractivity contribution in [2.45, 2.75) is 11.8 Å². The molecule has 0 atom stereocenters. The van der Waals surface area contributed by atoms with Crippen LogP contribution in [0, 0.1) is 6.92 Å². The van der Waals surface area contributed by atoms with E-state index >= 15 is 0 Å². The fraction of sp³-hybridized carbons (Fsp3) is 0.100. The summed E-state index contributed by atoms with van der Waals surface area (Å²) in [4.78, 5) is 4.05. The highest BCUT2D eigenvalue weighted by Crippen LogP contribution is 2.22. The summed E-state index contributed by atoms with van der Waals surface area (Å²) in [5.74, 6) is 0. The molecule has 2 aromatic rings. The summed E-state index contributed by atoms with van der Waals surface area (Å²) in [5.41, 5.74) is 6.65. The van der Waals surface area contributed by atoms with Gasteiger partial charge in [0.25, 0.3) is 10.0 Å². The van der Waals surface area contributed by atoms with E-state index in [-0.39, 0.29) is 4.90 Å². The van der Waals surface area contributed by atoms with Crippen LogP contribution in [0.15, 0.2) is 34.7 Å². The Bertz CT molecular complexity index is 621. The van der Waals surface area contributed by atoms with Crippen molar-refractivity contribution in [3.63, 3.8) is 0 Å². The van der Waals surface area contributed by atoms with Crippen molar-refractivity contribution in [3.8, 4) is 0 Å². The van der Waals surface area contributed by atoms with Crippen LogP contribution in [0.5, 0.6) is 0 Å². The molecular weight excluding hydrogens is 258 g/mol. The lowest BCUT2D eigenvalue weighted by Crippen LogP contribution is -2.14. The third-order valence-electron chi connectivity index (χ3n) is 2.16. The molecule has 0 saturated heterocycles. The minimum Gasteiger partial charge on any atom is -0.399 e. The third kappa shape index (κ3) is 2.56. The Labute approximate surface area is 103 Å². The van der Waals surface area contributed by atoms with Crippen molar-refractivity contribution in [1.82, 2.24) is 4.98 Å². The maximum Gasteiger partial charge on any atom is 0.264 e. The van der Waals surface area contributed by atoms with Gasteiger partial charge in [0.2, 0.25) is 0 Å². The molecular formula is C10H11N3O2S2. The van der Waals surface area contributed by atoms with E-state index in [9.17, 15) is 8.42 Å². The SMILES string of the molecule is Cc1ccc(N)cc1S(=O)(=O)Nc1nccs1. The monoisotopic (exact) mass is 269 g/mol. The average molecular weight is 269 g/mol. The number of nitrogens with two attached hydrogens (primary N) is 1. The molecule has 3 N–H and O–H groups in total. The van der Waals surface area contributed by atoms with Gasteiger partial charge in [-0.25, -0.2) is 13.4 Å². The zero-order chi connectivity index (χ0) is 12.5. The Morgan fingerprint density at radius 2 is 2.18 bits per heavy atom. The Hall–Kier alpha value is -1.60. The maximum atomic E-state index is 12.1. The normalized spacial score (nSPS) is 11.4. The first-order valence-corrected chi connectivity index (χ1v) is 7.14. The van der Waals surface area contributed by atoms with E-state index in [0.717, 1.165) is 0 Å². The molecule has 0 aliphatic rings. The van der Waals surface area contributed by atoms with Crippen LogP contribution in [0.3, 0.4) is 0 Å². The van der Waals surface area contributed by atoms with Crippen molar-refractivity contribution in [3.05, 3.63) is 35.3 Å². The van der Waals surface area contributed by atoms with E-state index in [1.165, 1.54) is 23.6 Å². The Morgan fingerprint density at radius 3 is 2.82 bits per heavy atom. The lowest BCUT2D eigenvalue weighted by Gasteiger charge is -2.08. The van der Waals surface area contributed by atoms with Crippen LogP contribution in [0.1, 0.15) is 5.56 Å². The molecule has 5 nitrogen and oxygen atoms in total. The molecule has 0 bridgehead atoms. The number of anilines is 2. The van der Waals surface area contributed by atoms with E-state index in [4.69, 9.17) is 5.73 Å². The first-order valence-electron chi connectivity index (χ1n) is 4.77. The van der Waals surface area contributed by atoms with E-state index < -0.39 is 10.0 Å². The number of nitrogens with zero attached hydrogens (tertiary/aromatic N) is 1. The van der Waals surface area contributed by atoms with Crippen molar-refractivity contribution < 1.29 is 8.42 Å². The molecule has 0 saturated carbocycles. The van der Waals surface area contributed by atoms with Crippen LogP contribution < -0.4 is 10.5 Å². The van der Waals surface area contributed by atoms with Crippen molar-refractivity contribution in [2.24, 2.45) is 0 Å². The van der Waals surface area contributed by atoms with Gasteiger partial charge in [0.15, 0.2) is 5.13 Å². The number of thiazole rings is 1. The summed E-state index contributed by atoms with van der Waals surface area (Å²) in [6.45, 7) is 1.72. The van der Waals surface area contributed by atoms with Gasteiger partial charge in [-0.2, -0.15) is 0 Å². The second-order valence-corrected chi connectivity index (χ2v) is 6.01. The van der Waals surface area contributed by atoms with Crippen LogP contribution >= 0.6 is 11.3 Å². The molecule has 17 heavy (non-hydrogen) atoms. The summed E-state index contributed by atoms with van der Waals surface area (Å²) in [6.07, 6.45) is 1.54. The number of aromatic nitrogens is 1. The lowest BCUT2D eigenvalue weighted by molar-refractivity contribution is 0.600. The Balaban J connectivity index is 2.41. The molecule has 1 aromatic heterocycles. The molecule has 0 spiro atoms. The maximum absolute atomic E-state index is 12.1. The first-order chi connectivity index (χ1) is 7.99. The van der Waals surface area contributed by atoms with Gasteiger partial charge in [0, 0.05) is 17.3 Å². The molecule has 0 aliphatic heterocycles. The number of hydrogen-bond donors (Lipinski definition) is 2.